The van der Waals surface area contributed by atoms with E-state index < -0.39 is 16.8 Å². The van der Waals surface area contributed by atoms with Gasteiger partial charge in [0, 0.05) is 4.88 Å². The third-order valence-electron chi connectivity index (χ3n) is 4.33. The Morgan fingerprint density at radius 3 is 2.93 bits per heavy atom. The van der Waals surface area contributed by atoms with E-state index in [4.69, 9.17) is 4.74 Å². The quantitative estimate of drug-likeness (QED) is 0.419. The van der Waals surface area contributed by atoms with Crippen LogP contribution in [0.1, 0.15) is 34.1 Å². The minimum Gasteiger partial charge on any atom is -0.465 e. The summed E-state index contributed by atoms with van der Waals surface area (Å²) in [5.74, 6) is -0.752. The lowest BCUT2D eigenvalue weighted by Gasteiger charge is -2.18. The molecule has 1 unspecified atom stereocenters. The van der Waals surface area contributed by atoms with Gasteiger partial charge in [-0.3, -0.25) is 4.79 Å². The SMILES string of the molecule is COC(=O)c1c(NC(=O)Cn2cc(Br)c([N+](=O)[O-])n2)sc2c1CCC(C)C2. The maximum absolute atomic E-state index is 12.4. The van der Waals surface area contributed by atoms with Crippen LogP contribution in [0.2, 0.25) is 0 Å². The van der Waals surface area contributed by atoms with E-state index in [-0.39, 0.29) is 16.8 Å². The number of rotatable bonds is 5. The molecular formula is C16H17BrN4O5S. The lowest BCUT2D eigenvalue weighted by Crippen LogP contribution is -2.20. The molecule has 0 bridgehead atoms. The highest BCUT2D eigenvalue weighted by Crippen LogP contribution is 2.40. The predicted molar refractivity (Wildman–Crippen MR) is 102 cm³/mol. The number of nitrogens with one attached hydrogen (secondary N) is 1. The monoisotopic (exact) mass is 456 g/mol. The molecule has 0 aliphatic heterocycles. The highest BCUT2D eigenvalue weighted by molar-refractivity contribution is 9.10. The molecule has 27 heavy (non-hydrogen) atoms. The summed E-state index contributed by atoms with van der Waals surface area (Å²) < 4.78 is 6.25. The summed E-state index contributed by atoms with van der Waals surface area (Å²) in [6.07, 6.45) is 3.97. The van der Waals surface area contributed by atoms with Crippen LogP contribution in [0.5, 0.6) is 0 Å². The van der Waals surface area contributed by atoms with Gasteiger partial charge in [0.25, 0.3) is 0 Å². The Hall–Kier alpha value is -2.27. The maximum Gasteiger partial charge on any atom is 0.404 e. The minimum absolute atomic E-state index is 0.191. The first-order valence-electron chi connectivity index (χ1n) is 8.20. The van der Waals surface area contributed by atoms with Gasteiger partial charge in [0.05, 0.1) is 24.0 Å². The fraction of sp³-hybridized carbons (Fsp3) is 0.438. The van der Waals surface area contributed by atoms with Crippen LogP contribution in [0, 0.1) is 16.0 Å². The van der Waals surface area contributed by atoms with Gasteiger partial charge >= 0.3 is 11.8 Å². The zero-order valence-electron chi connectivity index (χ0n) is 14.7. The molecule has 0 aromatic carbocycles. The van der Waals surface area contributed by atoms with Gasteiger partial charge in [-0.25, -0.2) is 4.79 Å². The molecule has 11 heteroatoms. The minimum atomic E-state index is -0.637. The van der Waals surface area contributed by atoms with Crippen molar-refractivity contribution in [2.45, 2.75) is 32.7 Å². The summed E-state index contributed by atoms with van der Waals surface area (Å²) in [4.78, 5) is 36.0. The Bertz CT molecular complexity index is 922. The molecule has 144 valence electrons. The Morgan fingerprint density at radius 1 is 1.56 bits per heavy atom. The number of nitrogens with zero attached hydrogens (tertiary/aromatic N) is 3. The summed E-state index contributed by atoms with van der Waals surface area (Å²) >= 11 is 4.42. The van der Waals surface area contributed by atoms with E-state index in [1.54, 1.807) is 0 Å². The van der Waals surface area contributed by atoms with Gasteiger partial charge in [0.1, 0.15) is 16.0 Å². The molecule has 1 N–H and O–H groups in total. The molecule has 2 heterocycles. The van der Waals surface area contributed by atoms with Crippen molar-refractivity contribution < 1.29 is 19.2 Å². The van der Waals surface area contributed by atoms with Crippen molar-refractivity contribution in [2.75, 3.05) is 12.4 Å². The molecule has 2 aromatic heterocycles. The number of carbonyl (C=O) groups excluding carboxylic acids is 2. The fourth-order valence-corrected chi connectivity index (χ4v) is 4.94. The van der Waals surface area contributed by atoms with Crippen molar-refractivity contribution in [3.05, 3.63) is 36.8 Å². The molecule has 1 amide bonds. The zero-order chi connectivity index (χ0) is 19.7. The third kappa shape index (κ3) is 4.03. The highest BCUT2D eigenvalue weighted by atomic mass is 79.9. The number of methoxy groups -OCH3 is 1. The van der Waals surface area contributed by atoms with Gasteiger partial charge in [-0.1, -0.05) is 6.92 Å². The van der Waals surface area contributed by atoms with E-state index in [9.17, 15) is 19.7 Å². The van der Waals surface area contributed by atoms with Gasteiger partial charge < -0.3 is 20.2 Å². The van der Waals surface area contributed by atoms with Crippen LogP contribution in [-0.4, -0.2) is 33.7 Å². The average molecular weight is 457 g/mol. The topological polar surface area (TPSA) is 116 Å². The molecule has 0 radical (unpaired) electrons. The first kappa shape index (κ1) is 19.5. The number of carbonyl (C=O) groups is 2. The lowest BCUT2D eigenvalue weighted by molar-refractivity contribution is -0.390. The van der Waals surface area contributed by atoms with Crippen LogP contribution in [0.25, 0.3) is 0 Å². The van der Waals surface area contributed by atoms with Gasteiger partial charge in [-0.2, -0.15) is 4.68 Å². The Balaban J connectivity index is 1.82. The molecule has 1 aliphatic carbocycles. The second kappa shape index (κ2) is 7.77. The first-order valence-corrected chi connectivity index (χ1v) is 9.81. The van der Waals surface area contributed by atoms with Crippen molar-refractivity contribution >= 4 is 50.0 Å². The van der Waals surface area contributed by atoms with Crippen molar-refractivity contribution in [1.29, 1.82) is 0 Å². The summed E-state index contributed by atoms with van der Waals surface area (Å²) in [7, 11) is 1.31. The Labute approximate surface area is 167 Å². The molecular weight excluding hydrogens is 440 g/mol. The van der Waals surface area contributed by atoms with E-state index in [2.05, 4.69) is 33.3 Å². The molecule has 0 saturated heterocycles. The van der Waals surface area contributed by atoms with Crippen LogP contribution >= 0.6 is 27.3 Å². The fourth-order valence-electron chi connectivity index (χ4n) is 3.06. The highest BCUT2D eigenvalue weighted by Gasteiger charge is 2.29. The smallest absolute Gasteiger partial charge is 0.404 e. The van der Waals surface area contributed by atoms with Gasteiger partial charge in [0.15, 0.2) is 0 Å². The second-order valence-corrected chi connectivity index (χ2v) is 8.31. The third-order valence-corrected chi connectivity index (χ3v) is 6.06. The average Bonchev–Trinajstić information content (AvgIpc) is 3.13. The predicted octanol–water partition coefficient (Wildman–Crippen LogP) is 3.17. The van der Waals surface area contributed by atoms with E-state index in [1.165, 1.54) is 29.3 Å². The number of anilines is 1. The molecule has 2 aromatic rings. The summed E-state index contributed by atoms with van der Waals surface area (Å²) in [6, 6.07) is 0. The zero-order valence-corrected chi connectivity index (χ0v) is 17.1. The molecule has 9 nitrogen and oxygen atoms in total. The number of thiophene rings is 1. The van der Waals surface area contributed by atoms with Gasteiger partial charge in [-0.05, 0) is 51.6 Å². The van der Waals surface area contributed by atoms with E-state index in [0.717, 1.165) is 29.7 Å². The Kier molecular flexibility index (Phi) is 5.61. The number of amides is 1. The molecule has 0 spiro atoms. The van der Waals surface area contributed by atoms with E-state index in [1.807, 2.05) is 0 Å². The number of halogens is 1. The largest absolute Gasteiger partial charge is 0.465 e. The summed E-state index contributed by atoms with van der Waals surface area (Å²) in [5.41, 5.74) is 1.35. The number of esters is 1. The van der Waals surface area contributed by atoms with E-state index in [0.29, 0.717) is 16.5 Å². The number of fused-ring (bicyclic) bond motifs is 1. The molecule has 1 aliphatic rings. The van der Waals surface area contributed by atoms with Crippen LogP contribution in [0.3, 0.4) is 0 Å². The molecule has 3 rings (SSSR count). The Morgan fingerprint density at radius 2 is 2.30 bits per heavy atom. The number of ether oxygens (including phenoxy) is 1. The van der Waals surface area contributed by atoms with Crippen LogP contribution in [0.15, 0.2) is 10.7 Å². The number of hydrogen-bond donors (Lipinski definition) is 1. The first-order chi connectivity index (χ1) is 12.8. The van der Waals surface area contributed by atoms with Crippen molar-refractivity contribution in [3.8, 4) is 0 Å². The van der Waals surface area contributed by atoms with Crippen molar-refractivity contribution in [2.24, 2.45) is 5.92 Å². The summed E-state index contributed by atoms with van der Waals surface area (Å²) in [5, 5.41) is 17.8. The van der Waals surface area contributed by atoms with Crippen molar-refractivity contribution in [3.63, 3.8) is 0 Å². The maximum atomic E-state index is 12.4. The van der Waals surface area contributed by atoms with Gasteiger partial charge in [0.2, 0.25) is 5.91 Å². The van der Waals surface area contributed by atoms with Crippen LogP contribution in [-0.2, 0) is 28.9 Å². The summed E-state index contributed by atoms with van der Waals surface area (Å²) in [6.45, 7) is 1.94. The molecule has 0 saturated carbocycles. The lowest BCUT2D eigenvalue weighted by atomic mass is 9.88. The molecule has 0 fully saturated rings. The number of aromatic nitrogens is 2. The second-order valence-electron chi connectivity index (χ2n) is 6.35. The standard InChI is InChI=1S/C16H17BrN4O5S/c1-8-3-4-9-11(5-8)27-15(13(9)16(23)26-2)18-12(22)7-20-6-10(17)14(19-20)21(24)25/h6,8H,3-5,7H2,1-2H3,(H,18,22). The van der Waals surface area contributed by atoms with Crippen LogP contribution in [0.4, 0.5) is 10.8 Å². The van der Waals surface area contributed by atoms with E-state index >= 15 is 0 Å². The van der Waals surface area contributed by atoms with Gasteiger partial charge in [-0.15, -0.1) is 11.3 Å². The normalized spacial score (nSPS) is 15.9. The molecule has 1 atom stereocenters. The number of hydrogen-bond acceptors (Lipinski definition) is 7. The van der Waals surface area contributed by atoms with Crippen molar-refractivity contribution in [1.82, 2.24) is 9.78 Å². The number of nitro groups is 1. The van der Waals surface area contributed by atoms with Crippen LogP contribution < -0.4 is 5.32 Å².